The van der Waals surface area contributed by atoms with E-state index in [9.17, 15) is 4.79 Å². The molecule has 1 N–H and O–H groups in total. The highest BCUT2D eigenvalue weighted by atomic mass is 16.1. The molecule has 0 aliphatic carbocycles. The molecule has 18 heavy (non-hydrogen) atoms. The minimum absolute atomic E-state index is 0.0969. The number of carbonyl (C=O) groups is 1. The number of pyridine rings is 1. The first-order chi connectivity index (χ1) is 8.72. The lowest BCUT2D eigenvalue weighted by molar-refractivity contribution is 0.0989. The predicted octanol–water partition coefficient (Wildman–Crippen LogP) is 2.81. The van der Waals surface area contributed by atoms with Gasteiger partial charge in [0, 0.05) is 23.2 Å². The summed E-state index contributed by atoms with van der Waals surface area (Å²) < 4.78 is 0. The molecule has 0 aliphatic rings. The molecule has 1 atom stereocenters. The Morgan fingerprint density at radius 1 is 1.33 bits per heavy atom. The van der Waals surface area contributed by atoms with Crippen molar-refractivity contribution in [3.05, 3.63) is 42.1 Å². The van der Waals surface area contributed by atoms with Crippen molar-refractivity contribution >= 4 is 16.7 Å². The van der Waals surface area contributed by atoms with Crippen molar-refractivity contribution in [3.8, 4) is 0 Å². The van der Waals surface area contributed by atoms with Crippen molar-refractivity contribution < 1.29 is 4.79 Å². The maximum absolute atomic E-state index is 12.2. The molecule has 3 nitrogen and oxygen atoms in total. The molecule has 0 bridgehead atoms. The van der Waals surface area contributed by atoms with Crippen LogP contribution >= 0.6 is 0 Å². The zero-order chi connectivity index (χ0) is 13.0. The van der Waals surface area contributed by atoms with Crippen molar-refractivity contribution in [2.24, 2.45) is 0 Å². The van der Waals surface area contributed by atoms with Crippen molar-refractivity contribution in [2.75, 3.05) is 6.54 Å². The van der Waals surface area contributed by atoms with Gasteiger partial charge < -0.3 is 5.32 Å². The molecule has 2 rings (SSSR count). The number of fused-ring (bicyclic) bond motifs is 1. The molecule has 0 aliphatic heterocycles. The minimum atomic E-state index is 0.0969. The molecule has 0 fully saturated rings. The van der Waals surface area contributed by atoms with E-state index in [1.165, 1.54) is 0 Å². The largest absolute Gasteiger partial charge is 0.307 e. The van der Waals surface area contributed by atoms with E-state index in [1.54, 1.807) is 6.20 Å². The third-order valence-electron chi connectivity index (χ3n) is 3.16. The Morgan fingerprint density at radius 2 is 2.11 bits per heavy atom. The molecule has 1 aromatic heterocycles. The fourth-order valence-corrected chi connectivity index (χ4v) is 1.84. The predicted molar refractivity (Wildman–Crippen MR) is 73.8 cm³/mol. The van der Waals surface area contributed by atoms with Crippen LogP contribution in [0.25, 0.3) is 10.9 Å². The molecule has 1 aromatic carbocycles. The first kappa shape index (κ1) is 12.7. The minimum Gasteiger partial charge on any atom is -0.307 e. The number of hydrogen-bond donors (Lipinski definition) is 1. The monoisotopic (exact) mass is 242 g/mol. The lowest BCUT2D eigenvalue weighted by atomic mass is 10.1. The molecule has 2 aromatic rings. The van der Waals surface area contributed by atoms with Crippen molar-refractivity contribution in [3.63, 3.8) is 0 Å². The Labute approximate surface area is 107 Å². The van der Waals surface area contributed by atoms with Crippen LogP contribution in [0.5, 0.6) is 0 Å². The van der Waals surface area contributed by atoms with Gasteiger partial charge in [-0.05, 0) is 25.5 Å². The molecule has 0 radical (unpaired) electrons. The van der Waals surface area contributed by atoms with Crippen LogP contribution in [0.15, 0.2) is 36.5 Å². The summed E-state index contributed by atoms with van der Waals surface area (Å²) in [5.74, 6) is 0.0969. The van der Waals surface area contributed by atoms with Gasteiger partial charge in [0.15, 0.2) is 5.78 Å². The molecular weight excluding hydrogens is 224 g/mol. The van der Waals surface area contributed by atoms with Crippen LogP contribution in [-0.4, -0.2) is 23.4 Å². The smallest absolute Gasteiger partial charge is 0.178 e. The number of benzene rings is 1. The van der Waals surface area contributed by atoms with Gasteiger partial charge in [-0.15, -0.1) is 0 Å². The maximum atomic E-state index is 12.2. The summed E-state index contributed by atoms with van der Waals surface area (Å²) in [5, 5.41) is 4.22. The van der Waals surface area contributed by atoms with E-state index in [0.29, 0.717) is 18.2 Å². The summed E-state index contributed by atoms with van der Waals surface area (Å²) in [6, 6.07) is 9.93. The highest BCUT2D eigenvalue weighted by Gasteiger charge is 2.11. The molecule has 0 saturated heterocycles. The SMILES string of the molecule is CCC(C)NCC(=O)c1cccc2cccnc12. The summed E-state index contributed by atoms with van der Waals surface area (Å²) in [6.45, 7) is 4.54. The number of Topliss-reactive ketones (excluding diaryl/α,β-unsaturated/α-hetero) is 1. The fraction of sp³-hybridized carbons (Fsp3) is 0.333. The second kappa shape index (κ2) is 5.74. The Morgan fingerprint density at radius 3 is 2.89 bits per heavy atom. The summed E-state index contributed by atoms with van der Waals surface area (Å²) in [5.41, 5.74) is 1.49. The van der Waals surface area contributed by atoms with Gasteiger partial charge in [0.2, 0.25) is 0 Å². The number of aromatic nitrogens is 1. The highest BCUT2D eigenvalue weighted by molar-refractivity contribution is 6.07. The molecule has 1 heterocycles. The standard InChI is InChI=1S/C15H18N2O/c1-3-11(2)17-10-14(18)13-8-4-6-12-7-5-9-16-15(12)13/h4-9,11,17H,3,10H2,1-2H3. The summed E-state index contributed by atoms with van der Waals surface area (Å²) >= 11 is 0. The van der Waals surface area contributed by atoms with E-state index in [-0.39, 0.29) is 5.78 Å². The molecule has 0 saturated carbocycles. The van der Waals surface area contributed by atoms with Gasteiger partial charge in [0.25, 0.3) is 0 Å². The third-order valence-corrected chi connectivity index (χ3v) is 3.16. The van der Waals surface area contributed by atoms with Gasteiger partial charge in [-0.2, -0.15) is 0 Å². The third kappa shape index (κ3) is 2.74. The van der Waals surface area contributed by atoms with Gasteiger partial charge in [-0.25, -0.2) is 0 Å². The van der Waals surface area contributed by atoms with Crippen LogP contribution in [0.3, 0.4) is 0 Å². The van der Waals surface area contributed by atoms with Crippen LogP contribution in [0.1, 0.15) is 30.6 Å². The molecule has 94 valence electrons. The van der Waals surface area contributed by atoms with Crippen LogP contribution in [0, 0.1) is 0 Å². The number of para-hydroxylation sites is 1. The van der Waals surface area contributed by atoms with Crippen molar-refractivity contribution in [1.29, 1.82) is 0 Å². The lowest BCUT2D eigenvalue weighted by Crippen LogP contribution is -2.31. The second-order valence-electron chi connectivity index (χ2n) is 4.49. The van der Waals surface area contributed by atoms with Gasteiger partial charge in [-0.1, -0.05) is 25.1 Å². The molecular formula is C15H18N2O. The number of nitrogens with zero attached hydrogens (tertiary/aromatic N) is 1. The van der Waals surface area contributed by atoms with E-state index >= 15 is 0 Å². The van der Waals surface area contributed by atoms with Crippen LogP contribution in [0.4, 0.5) is 0 Å². The molecule has 1 unspecified atom stereocenters. The lowest BCUT2D eigenvalue weighted by Gasteiger charge is -2.11. The van der Waals surface area contributed by atoms with Gasteiger partial charge in [-0.3, -0.25) is 9.78 Å². The number of rotatable bonds is 5. The Balaban J connectivity index is 2.22. The van der Waals surface area contributed by atoms with Crippen LogP contribution in [0.2, 0.25) is 0 Å². The first-order valence-corrected chi connectivity index (χ1v) is 6.32. The van der Waals surface area contributed by atoms with E-state index < -0.39 is 0 Å². The number of hydrogen-bond acceptors (Lipinski definition) is 3. The summed E-state index contributed by atoms with van der Waals surface area (Å²) in [4.78, 5) is 16.5. The Hall–Kier alpha value is -1.74. The van der Waals surface area contributed by atoms with E-state index in [0.717, 1.165) is 17.3 Å². The molecule has 3 heteroatoms. The quantitative estimate of drug-likeness (QED) is 0.820. The van der Waals surface area contributed by atoms with Crippen molar-refractivity contribution in [2.45, 2.75) is 26.3 Å². The average Bonchev–Trinajstić information content (AvgIpc) is 2.43. The summed E-state index contributed by atoms with van der Waals surface area (Å²) in [7, 11) is 0. The number of ketones is 1. The molecule has 0 spiro atoms. The Bertz CT molecular complexity index is 546. The maximum Gasteiger partial charge on any atom is 0.178 e. The van der Waals surface area contributed by atoms with Crippen LogP contribution < -0.4 is 5.32 Å². The summed E-state index contributed by atoms with van der Waals surface area (Å²) in [6.07, 6.45) is 2.74. The zero-order valence-electron chi connectivity index (χ0n) is 10.8. The van der Waals surface area contributed by atoms with Gasteiger partial charge in [0.1, 0.15) is 0 Å². The first-order valence-electron chi connectivity index (χ1n) is 6.32. The van der Waals surface area contributed by atoms with E-state index in [2.05, 4.69) is 24.1 Å². The topological polar surface area (TPSA) is 42.0 Å². The normalized spacial score (nSPS) is 12.6. The fourth-order valence-electron chi connectivity index (χ4n) is 1.84. The zero-order valence-corrected chi connectivity index (χ0v) is 10.8. The van der Waals surface area contributed by atoms with E-state index in [4.69, 9.17) is 0 Å². The number of carbonyl (C=O) groups excluding carboxylic acids is 1. The van der Waals surface area contributed by atoms with Gasteiger partial charge >= 0.3 is 0 Å². The van der Waals surface area contributed by atoms with Gasteiger partial charge in [0.05, 0.1) is 12.1 Å². The van der Waals surface area contributed by atoms with E-state index in [1.807, 2.05) is 30.3 Å². The average molecular weight is 242 g/mol. The Kier molecular flexibility index (Phi) is 4.05. The van der Waals surface area contributed by atoms with Crippen molar-refractivity contribution in [1.82, 2.24) is 10.3 Å². The highest BCUT2D eigenvalue weighted by Crippen LogP contribution is 2.16. The second-order valence-corrected chi connectivity index (χ2v) is 4.49. The van der Waals surface area contributed by atoms with Crippen LogP contribution in [-0.2, 0) is 0 Å². The molecule has 0 amide bonds. The number of nitrogens with one attached hydrogen (secondary N) is 1.